The van der Waals surface area contributed by atoms with Gasteiger partial charge in [0.25, 0.3) is 5.91 Å². The molecule has 29 heavy (non-hydrogen) atoms. The SMILES string of the molecule is CCOc1c(C(=O)OC)sc2ccc(NC(=O)c3ccc(OC)c(OC)c3)cc12. The lowest BCUT2D eigenvalue weighted by molar-refractivity contribution is 0.0602. The standard InChI is InChI=1S/C21H21NO6S/c1-5-28-18-14-11-13(7-9-17(14)29-19(18)21(24)27-4)22-20(23)12-6-8-15(25-2)16(10-12)26-3/h6-11H,5H2,1-4H3,(H,22,23). The second kappa shape index (κ2) is 8.83. The molecule has 1 N–H and O–H groups in total. The van der Waals surface area contributed by atoms with E-state index in [0.717, 1.165) is 10.1 Å². The van der Waals surface area contributed by atoms with Crippen LogP contribution < -0.4 is 19.5 Å². The minimum atomic E-state index is -0.453. The van der Waals surface area contributed by atoms with Crippen LogP contribution in [0.15, 0.2) is 36.4 Å². The van der Waals surface area contributed by atoms with Gasteiger partial charge in [-0.05, 0) is 43.3 Å². The zero-order valence-electron chi connectivity index (χ0n) is 16.5. The Kier molecular flexibility index (Phi) is 6.23. The molecule has 0 unspecified atom stereocenters. The van der Waals surface area contributed by atoms with Crippen LogP contribution in [0, 0.1) is 0 Å². The van der Waals surface area contributed by atoms with Crippen molar-refractivity contribution in [1.29, 1.82) is 0 Å². The summed E-state index contributed by atoms with van der Waals surface area (Å²) in [7, 11) is 4.38. The highest BCUT2D eigenvalue weighted by Gasteiger charge is 2.21. The quantitative estimate of drug-likeness (QED) is 0.578. The molecule has 1 heterocycles. The lowest BCUT2D eigenvalue weighted by Crippen LogP contribution is -2.12. The molecule has 0 aliphatic carbocycles. The van der Waals surface area contributed by atoms with E-state index >= 15 is 0 Å². The molecule has 7 nitrogen and oxygen atoms in total. The maximum Gasteiger partial charge on any atom is 0.351 e. The Morgan fingerprint density at radius 2 is 1.76 bits per heavy atom. The Morgan fingerprint density at radius 3 is 2.41 bits per heavy atom. The highest BCUT2D eigenvalue weighted by atomic mass is 32.1. The van der Waals surface area contributed by atoms with Gasteiger partial charge in [-0.1, -0.05) is 0 Å². The zero-order valence-corrected chi connectivity index (χ0v) is 17.3. The van der Waals surface area contributed by atoms with Crippen LogP contribution in [0.25, 0.3) is 10.1 Å². The van der Waals surface area contributed by atoms with Crippen molar-refractivity contribution in [1.82, 2.24) is 0 Å². The minimum Gasteiger partial charge on any atom is -0.493 e. The van der Waals surface area contributed by atoms with E-state index in [9.17, 15) is 9.59 Å². The normalized spacial score (nSPS) is 10.5. The molecule has 0 fully saturated rings. The number of ether oxygens (including phenoxy) is 4. The number of hydrogen-bond donors (Lipinski definition) is 1. The van der Waals surface area contributed by atoms with E-state index in [1.807, 2.05) is 13.0 Å². The van der Waals surface area contributed by atoms with Crippen molar-refractivity contribution < 1.29 is 28.5 Å². The zero-order chi connectivity index (χ0) is 21.0. The van der Waals surface area contributed by atoms with Crippen molar-refractivity contribution in [2.75, 3.05) is 33.3 Å². The summed E-state index contributed by atoms with van der Waals surface area (Å²) in [4.78, 5) is 25.1. The van der Waals surface area contributed by atoms with Gasteiger partial charge in [-0.25, -0.2) is 4.79 Å². The second-order valence-electron chi connectivity index (χ2n) is 5.92. The molecular weight excluding hydrogens is 394 g/mol. The van der Waals surface area contributed by atoms with Crippen LogP contribution in [0.3, 0.4) is 0 Å². The van der Waals surface area contributed by atoms with E-state index in [2.05, 4.69) is 5.32 Å². The maximum atomic E-state index is 12.7. The number of thiophene rings is 1. The average Bonchev–Trinajstić information content (AvgIpc) is 3.10. The Morgan fingerprint density at radius 1 is 1.00 bits per heavy atom. The van der Waals surface area contributed by atoms with Gasteiger partial charge in [-0.15, -0.1) is 11.3 Å². The first-order valence-corrected chi connectivity index (χ1v) is 9.65. The molecular formula is C21H21NO6S. The van der Waals surface area contributed by atoms with Gasteiger partial charge >= 0.3 is 5.97 Å². The summed E-state index contributed by atoms with van der Waals surface area (Å²) in [6, 6.07) is 10.3. The predicted molar refractivity (Wildman–Crippen MR) is 112 cm³/mol. The van der Waals surface area contributed by atoms with Crippen LogP contribution in [0.1, 0.15) is 27.0 Å². The lowest BCUT2D eigenvalue weighted by atomic mass is 10.1. The third-order valence-electron chi connectivity index (χ3n) is 4.21. The van der Waals surface area contributed by atoms with Crippen molar-refractivity contribution in [2.24, 2.45) is 0 Å². The van der Waals surface area contributed by atoms with Gasteiger partial charge in [0.15, 0.2) is 22.1 Å². The molecule has 0 spiro atoms. The Hall–Kier alpha value is -3.26. The Labute approximate surface area is 172 Å². The molecule has 8 heteroatoms. The number of fused-ring (bicyclic) bond motifs is 1. The van der Waals surface area contributed by atoms with Crippen molar-refractivity contribution in [3.8, 4) is 17.2 Å². The van der Waals surface area contributed by atoms with E-state index in [4.69, 9.17) is 18.9 Å². The van der Waals surface area contributed by atoms with Gasteiger partial charge in [0.05, 0.1) is 27.9 Å². The van der Waals surface area contributed by atoms with Crippen LogP contribution in [-0.2, 0) is 4.74 Å². The fourth-order valence-electron chi connectivity index (χ4n) is 2.85. The van der Waals surface area contributed by atoms with Gasteiger partial charge < -0.3 is 24.3 Å². The third-order valence-corrected chi connectivity index (χ3v) is 5.34. The molecule has 0 bridgehead atoms. The van der Waals surface area contributed by atoms with Crippen molar-refractivity contribution in [3.63, 3.8) is 0 Å². The molecule has 0 saturated carbocycles. The van der Waals surface area contributed by atoms with E-state index in [0.29, 0.717) is 40.0 Å². The van der Waals surface area contributed by atoms with E-state index in [1.54, 1.807) is 30.3 Å². The molecule has 3 rings (SSSR count). The fourth-order valence-corrected chi connectivity index (χ4v) is 3.89. The molecule has 0 aliphatic rings. The highest BCUT2D eigenvalue weighted by molar-refractivity contribution is 7.21. The number of nitrogens with one attached hydrogen (secondary N) is 1. The van der Waals surface area contributed by atoms with E-state index < -0.39 is 5.97 Å². The monoisotopic (exact) mass is 415 g/mol. The van der Waals surface area contributed by atoms with Crippen LogP contribution in [-0.4, -0.2) is 39.8 Å². The first kappa shape index (κ1) is 20.5. The summed E-state index contributed by atoms with van der Waals surface area (Å²) in [5, 5.41) is 3.60. The number of anilines is 1. The summed E-state index contributed by atoms with van der Waals surface area (Å²) < 4.78 is 21.8. The summed E-state index contributed by atoms with van der Waals surface area (Å²) in [6.07, 6.45) is 0. The number of hydrogen-bond acceptors (Lipinski definition) is 7. The van der Waals surface area contributed by atoms with E-state index in [1.165, 1.54) is 32.7 Å². The highest BCUT2D eigenvalue weighted by Crippen LogP contribution is 2.39. The van der Waals surface area contributed by atoms with Gasteiger partial charge in [0.1, 0.15) is 0 Å². The molecule has 0 aliphatic heterocycles. The van der Waals surface area contributed by atoms with Gasteiger partial charge in [0, 0.05) is 21.3 Å². The Balaban J connectivity index is 1.93. The van der Waals surface area contributed by atoms with Crippen LogP contribution in [0.2, 0.25) is 0 Å². The summed E-state index contributed by atoms with van der Waals surface area (Å²) >= 11 is 1.29. The first-order valence-electron chi connectivity index (χ1n) is 8.83. The van der Waals surface area contributed by atoms with Crippen molar-refractivity contribution in [2.45, 2.75) is 6.92 Å². The fraction of sp³-hybridized carbons (Fsp3) is 0.238. The topological polar surface area (TPSA) is 83.1 Å². The number of benzene rings is 2. The average molecular weight is 415 g/mol. The smallest absolute Gasteiger partial charge is 0.351 e. The molecule has 3 aromatic rings. The maximum absolute atomic E-state index is 12.7. The number of carbonyl (C=O) groups is 2. The summed E-state index contributed by atoms with van der Waals surface area (Å²) in [5.74, 6) is 0.717. The molecule has 2 aromatic carbocycles. The first-order chi connectivity index (χ1) is 14.0. The van der Waals surface area contributed by atoms with Gasteiger partial charge in [-0.3, -0.25) is 4.79 Å². The lowest BCUT2D eigenvalue weighted by Gasteiger charge is -2.10. The molecule has 0 atom stereocenters. The van der Waals surface area contributed by atoms with E-state index in [-0.39, 0.29) is 5.91 Å². The van der Waals surface area contributed by atoms with Crippen molar-refractivity contribution >= 4 is 39.0 Å². The number of esters is 1. The number of rotatable bonds is 7. The summed E-state index contributed by atoms with van der Waals surface area (Å²) in [5.41, 5.74) is 1.00. The molecule has 152 valence electrons. The third kappa shape index (κ3) is 4.12. The number of carbonyl (C=O) groups excluding carboxylic acids is 2. The van der Waals surface area contributed by atoms with Crippen LogP contribution >= 0.6 is 11.3 Å². The number of methoxy groups -OCH3 is 3. The molecule has 0 radical (unpaired) electrons. The second-order valence-corrected chi connectivity index (χ2v) is 6.97. The Bertz CT molecular complexity index is 1060. The molecule has 1 amide bonds. The molecule has 0 saturated heterocycles. The summed E-state index contributed by atoms with van der Waals surface area (Å²) in [6.45, 7) is 2.24. The molecule has 1 aromatic heterocycles. The van der Waals surface area contributed by atoms with Gasteiger partial charge in [0.2, 0.25) is 0 Å². The van der Waals surface area contributed by atoms with Crippen LogP contribution in [0.4, 0.5) is 5.69 Å². The van der Waals surface area contributed by atoms with Gasteiger partial charge in [-0.2, -0.15) is 0 Å². The number of amides is 1. The van der Waals surface area contributed by atoms with Crippen LogP contribution in [0.5, 0.6) is 17.2 Å². The van der Waals surface area contributed by atoms with Crippen molar-refractivity contribution in [3.05, 3.63) is 46.8 Å². The predicted octanol–water partition coefficient (Wildman–Crippen LogP) is 4.36. The minimum absolute atomic E-state index is 0.299. The largest absolute Gasteiger partial charge is 0.493 e.